The van der Waals surface area contributed by atoms with E-state index in [1.54, 1.807) is 6.92 Å². The first kappa shape index (κ1) is 16.0. The van der Waals surface area contributed by atoms with Crippen LogP contribution in [0.5, 0.6) is 0 Å². The maximum atomic E-state index is 11.5. The number of ether oxygens (including phenoxy) is 1. The van der Waals surface area contributed by atoms with E-state index in [1.807, 2.05) is 0 Å². The largest absolute Gasteiger partial charge is 0.503 e. The summed E-state index contributed by atoms with van der Waals surface area (Å²) in [6.07, 6.45) is 0.765. The first-order valence-corrected chi connectivity index (χ1v) is 5.32. The number of amides is 2. The van der Waals surface area contributed by atoms with Crippen molar-refractivity contribution in [2.45, 2.75) is 6.92 Å². The fraction of sp³-hybridized carbons (Fsp3) is 0.545. The molecule has 0 atom stereocenters. The summed E-state index contributed by atoms with van der Waals surface area (Å²) in [5, 5.41) is 9.35. The van der Waals surface area contributed by atoms with Crippen molar-refractivity contribution in [1.29, 1.82) is 0 Å². The smallest absolute Gasteiger partial charge is 0.325 e. The summed E-state index contributed by atoms with van der Waals surface area (Å²) >= 11 is 0. The molecule has 0 saturated heterocycles. The standard InChI is InChI=1S/C11H18N2O5/c1-5-18-10(16)7-13(4)9(15)6-8(14)11(17)12(2)3/h6,14H,5,7H2,1-4H3. The Labute approximate surface area is 106 Å². The van der Waals surface area contributed by atoms with Gasteiger partial charge in [-0.15, -0.1) is 0 Å². The number of aliphatic hydroxyl groups is 1. The molecule has 0 aromatic rings. The number of carbonyl (C=O) groups excluding carboxylic acids is 3. The molecule has 0 saturated carbocycles. The molecule has 18 heavy (non-hydrogen) atoms. The van der Waals surface area contributed by atoms with Crippen molar-refractivity contribution in [1.82, 2.24) is 9.80 Å². The third kappa shape index (κ3) is 5.33. The Balaban J connectivity index is 4.52. The second kappa shape index (κ2) is 7.31. The summed E-state index contributed by atoms with van der Waals surface area (Å²) < 4.78 is 4.66. The Morgan fingerprint density at radius 1 is 1.22 bits per heavy atom. The van der Waals surface area contributed by atoms with Crippen molar-refractivity contribution in [3.05, 3.63) is 11.8 Å². The van der Waals surface area contributed by atoms with E-state index in [4.69, 9.17) is 0 Å². The van der Waals surface area contributed by atoms with Crippen LogP contribution in [0.15, 0.2) is 11.8 Å². The Morgan fingerprint density at radius 2 is 1.78 bits per heavy atom. The van der Waals surface area contributed by atoms with E-state index in [1.165, 1.54) is 21.1 Å². The fourth-order valence-corrected chi connectivity index (χ4v) is 0.996. The molecule has 0 radical (unpaired) electrons. The highest BCUT2D eigenvalue weighted by Crippen LogP contribution is 1.97. The second-order valence-electron chi connectivity index (χ2n) is 3.73. The molecule has 0 spiro atoms. The highest BCUT2D eigenvalue weighted by atomic mass is 16.5. The molecule has 102 valence electrons. The molecule has 7 nitrogen and oxygen atoms in total. The zero-order chi connectivity index (χ0) is 14.3. The molecule has 1 N–H and O–H groups in total. The summed E-state index contributed by atoms with van der Waals surface area (Å²) in [6.45, 7) is 1.63. The van der Waals surface area contributed by atoms with Crippen LogP contribution in [-0.2, 0) is 19.1 Å². The van der Waals surface area contributed by atoms with Gasteiger partial charge in [-0.1, -0.05) is 0 Å². The van der Waals surface area contributed by atoms with Crippen LogP contribution in [0.1, 0.15) is 6.92 Å². The average molecular weight is 258 g/mol. The van der Waals surface area contributed by atoms with Gasteiger partial charge in [-0.2, -0.15) is 0 Å². The van der Waals surface area contributed by atoms with Gasteiger partial charge in [-0.3, -0.25) is 14.4 Å². The van der Waals surface area contributed by atoms with Gasteiger partial charge in [-0.25, -0.2) is 0 Å². The van der Waals surface area contributed by atoms with Gasteiger partial charge in [0, 0.05) is 21.1 Å². The summed E-state index contributed by atoms with van der Waals surface area (Å²) in [5.41, 5.74) is 0. The zero-order valence-corrected chi connectivity index (χ0v) is 11.0. The maximum absolute atomic E-state index is 11.5. The van der Waals surface area contributed by atoms with Gasteiger partial charge >= 0.3 is 5.97 Å². The molecule has 0 aliphatic heterocycles. The molecular weight excluding hydrogens is 240 g/mol. The first-order chi connectivity index (χ1) is 8.29. The van der Waals surface area contributed by atoms with E-state index in [2.05, 4.69) is 4.74 Å². The van der Waals surface area contributed by atoms with Crippen molar-refractivity contribution in [3.8, 4) is 0 Å². The van der Waals surface area contributed by atoms with Gasteiger partial charge in [0.2, 0.25) is 0 Å². The Bertz CT molecular complexity index is 362. The van der Waals surface area contributed by atoms with Gasteiger partial charge in [0.1, 0.15) is 6.54 Å². The number of hydrogen-bond acceptors (Lipinski definition) is 5. The molecule has 0 fully saturated rings. The maximum Gasteiger partial charge on any atom is 0.325 e. The Hall–Kier alpha value is -2.05. The van der Waals surface area contributed by atoms with Crippen molar-refractivity contribution in [3.63, 3.8) is 0 Å². The minimum Gasteiger partial charge on any atom is -0.503 e. The quantitative estimate of drug-likeness (QED) is 0.409. The lowest BCUT2D eigenvalue weighted by molar-refractivity contribution is -0.147. The van der Waals surface area contributed by atoms with Crippen molar-refractivity contribution in [2.75, 3.05) is 34.3 Å². The summed E-state index contributed by atoms with van der Waals surface area (Å²) in [6, 6.07) is 0. The number of carbonyl (C=O) groups is 3. The van der Waals surface area contributed by atoms with Crippen LogP contribution in [0.25, 0.3) is 0 Å². The van der Waals surface area contributed by atoms with E-state index in [0.717, 1.165) is 15.9 Å². The monoisotopic (exact) mass is 258 g/mol. The lowest BCUT2D eigenvalue weighted by Crippen LogP contribution is -2.33. The van der Waals surface area contributed by atoms with Crippen LogP contribution >= 0.6 is 0 Å². The van der Waals surface area contributed by atoms with Gasteiger partial charge < -0.3 is 19.6 Å². The molecule has 0 rings (SSSR count). The molecule has 0 bridgehead atoms. The predicted octanol–water partition coefficient (Wildman–Crippen LogP) is -0.462. The van der Waals surface area contributed by atoms with Gasteiger partial charge in [-0.05, 0) is 6.92 Å². The molecular formula is C11H18N2O5. The summed E-state index contributed by atoms with van der Waals surface area (Å²) in [5.74, 6) is -2.58. The van der Waals surface area contributed by atoms with E-state index in [9.17, 15) is 19.5 Å². The SMILES string of the molecule is CCOC(=O)CN(C)C(=O)C=C(O)C(=O)N(C)C. The fourth-order valence-electron chi connectivity index (χ4n) is 0.996. The van der Waals surface area contributed by atoms with E-state index >= 15 is 0 Å². The van der Waals surface area contributed by atoms with Crippen LogP contribution in [0.3, 0.4) is 0 Å². The third-order valence-corrected chi connectivity index (χ3v) is 1.93. The number of likely N-dealkylation sites (N-methyl/N-ethyl adjacent to an activating group) is 2. The van der Waals surface area contributed by atoms with Crippen LogP contribution < -0.4 is 0 Å². The lowest BCUT2D eigenvalue weighted by Gasteiger charge is -2.14. The molecule has 7 heteroatoms. The van der Waals surface area contributed by atoms with E-state index in [0.29, 0.717) is 0 Å². The van der Waals surface area contributed by atoms with Crippen LogP contribution in [0.4, 0.5) is 0 Å². The highest BCUT2D eigenvalue weighted by Gasteiger charge is 2.16. The van der Waals surface area contributed by atoms with Crippen LogP contribution in [-0.4, -0.2) is 67.0 Å². The number of aliphatic hydroxyl groups excluding tert-OH is 1. The van der Waals surface area contributed by atoms with E-state index in [-0.39, 0.29) is 13.2 Å². The normalized spacial score (nSPS) is 10.8. The van der Waals surface area contributed by atoms with E-state index < -0.39 is 23.5 Å². The van der Waals surface area contributed by atoms with Crippen molar-refractivity contribution >= 4 is 17.8 Å². The molecule has 0 aromatic heterocycles. The number of esters is 1. The van der Waals surface area contributed by atoms with Gasteiger partial charge in [0.25, 0.3) is 11.8 Å². The van der Waals surface area contributed by atoms with Crippen LogP contribution in [0.2, 0.25) is 0 Å². The topological polar surface area (TPSA) is 87.1 Å². The zero-order valence-electron chi connectivity index (χ0n) is 11.0. The number of rotatable bonds is 5. The Morgan fingerprint density at radius 3 is 2.22 bits per heavy atom. The number of nitrogens with zero attached hydrogens (tertiary/aromatic N) is 2. The lowest BCUT2D eigenvalue weighted by atomic mass is 10.3. The summed E-state index contributed by atoms with van der Waals surface area (Å²) in [4.78, 5) is 36.1. The molecule has 0 aliphatic rings. The first-order valence-electron chi connectivity index (χ1n) is 5.32. The van der Waals surface area contributed by atoms with Gasteiger partial charge in [0.05, 0.1) is 12.7 Å². The number of hydrogen-bond donors (Lipinski definition) is 1. The average Bonchev–Trinajstić information content (AvgIpc) is 2.27. The minimum atomic E-state index is -0.687. The van der Waals surface area contributed by atoms with Crippen molar-refractivity contribution < 1.29 is 24.2 Å². The summed E-state index contributed by atoms with van der Waals surface area (Å²) in [7, 11) is 4.25. The molecule has 2 amide bonds. The van der Waals surface area contributed by atoms with Crippen molar-refractivity contribution in [2.24, 2.45) is 0 Å². The molecule has 0 unspecified atom stereocenters. The second-order valence-corrected chi connectivity index (χ2v) is 3.73. The van der Waals surface area contributed by atoms with Crippen LogP contribution in [0, 0.1) is 0 Å². The molecule has 0 heterocycles. The third-order valence-electron chi connectivity index (χ3n) is 1.93. The molecule has 0 aromatic carbocycles. The minimum absolute atomic E-state index is 0.223. The Kier molecular flexibility index (Phi) is 6.48. The molecule has 0 aliphatic carbocycles. The highest BCUT2D eigenvalue weighted by molar-refractivity contribution is 5.99. The predicted molar refractivity (Wildman–Crippen MR) is 63.7 cm³/mol. The van der Waals surface area contributed by atoms with Gasteiger partial charge in [0.15, 0.2) is 5.76 Å².